The minimum atomic E-state index is 0.252. The van der Waals surface area contributed by atoms with Gasteiger partial charge in [-0.05, 0) is 45.1 Å². The molecular formula is C16H22N2O2. The first kappa shape index (κ1) is 13.5. The Balaban J connectivity index is 1.67. The van der Waals surface area contributed by atoms with Crippen molar-refractivity contribution in [1.29, 1.82) is 0 Å². The van der Waals surface area contributed by atoms with Gasteiger partial charge >= 0.3 is 0 Å². The van der Waals surface area contributed by atoms with E-state index in [0.717, 1.165) is 24.5 Å². The largest absolute Gasteiger partial charge is 0.469 e. The Kier molecular flexibility index (Phi) is 3.94. The van der Waals surface area contributed by atoms with Crippen LogP contribution in [0.25, 0.3) is 0 Å². The van der Waals surface area contributed by atoms with Crippen LogP contribution in [-0.2, 0) is 6.42 Å². The number of nitrogens with one attached hydrogen (secondary N) is 1. The number of fused-ring (bicyclic) bond motifs is 1. The van der Waals surface area contributed by atoms with Gasteiger partial charge in [0.05, 0.1) is 18.6 Å². The van der Waals surface area contributed by atoms with Gasteiger partial charge in [-0.1, -0.05) is 0 Å². The smallest absolute Gasteiger partial charge is 0.122 e. The molecule has 108 valence electrons. The standard InChI is InChI=1S/C16H22N2O2/c1-18(2)14(16-7-4-9-19-16)11-17-13-5-3-6-15-12(13)8-10-20-15/h4,7-10,13-14,17H,3,5-6,11H2,1-2H3. The van der Waals surface area contributed by atoms with Crippen molar-refractivity contribution in [2.45, 2.75) is 31.3 Å². The topological polar surface area (TPSA) is 41.5 Å². The minimum absolute atomic E-state index is 0.252. The lowest BCUT2D eigenvalue weighted by molar-refractivity contribution is 0.240. The highest BCUT2D eigenvalue weighted by Crippen LogP contribution is 2.31. The van der Waals surface area contributed by atoms with Gasteiger partial charge in [0.1, 0.15) is 11.5 Å². The Morgan fingerprint density at radius 2 is 2.20 bits per heavy atom. The fourth-order valence-electron chi connectivity index (χ4n) is 2.97. The molecule has 0 saturated heterocycles. The first-order valence-corrected chi connectivity index (χ1v) is 7.25. The van der Waals surface area contributed by atoms with Crippen molar-refractivity contribution in [3.05, 3.63) is 47.8 Å². The average Bonchev–Trinajstić information content (AvgIpc) is 3.09. The maximum absolute atomic E-state index is 5.55. The Morgan fingerprint density at radius 3 is 2.95 bits per heavy atom. The second kappa shape index (κ2) is 5.85. The van der Waals surface area contributed by atoms with Gasteiger partial charge in [-0.2, -0.15) is 0 Å². The molecule has 0 bridgehead atoms. The number of furan rings is 2. The predicted octanol–water partition coefficient (Wildman–Crippen LogP) is 3.14. The van der Waals surface area contributed by atoms with E-state index in [1.165, 1.54) is 18.4 Å². The molecule has 1 aliphatic carbocycles. The summed E-state index contributed by atoms with van der Waals surface area (Å²) in [6.45, 7) is 0.871. The van der Waals surface area contributed by atoms with E-state index in [1.54, 1.807) is 12.5 Å². The van der Waals surface area contributed by atoms with Crippen LogP contribution >= 0.6 is 0 Å². The van der Waals surface area contributed by atoms with Crippen LogP contribution in [0.2, 0.25) is 0 Å². The van der Waals surface area contributed by atoms with Gasteiger partial charge in [-0.15, -0.1) is 0 Å². The number of hydrogen-bond acceptors (Lipinski definition) is 4. The maximum atomic E-state index is 5.55. The molecule has 2 unspecified atom stereocenters. The van der Waals surface area contributed by atoms with E-state index in [9.17, 15) is 0 Å². The fraction of sp³-hybridized carbons (Fsp3) is 0.500. The molecule has 0 amide bonds. The molecule has 4 heteroatoms. The molecule has 0 aliphatic heterocycles. The lowest BCUT2D eigenvalue weighted by Gasteiger charge is -2.28. The van der Waals surface area contributed by atoms with Crippen molar-refractivity contribution in [3.8, 4) is 0 Å². The second-order valence-corrected chi connectivity index (χ2v) is 5.65. The average molecular weight is 274 g/mol. The van der Waals surface area contributed by atoms with Crippen LogP contribution in [0.4, 0.5) is 0 Å². The molecule has 20 heavy (non-hydrogen) atoms. The third-order valence-corrected chi connectivity index (χ3v) is 4.10. The number of hydrogen-bond donors (Lipinski definition) is 1. The quantitative estimate of drug-likeness (QED) is 0.909. The molecule has 3 rings (SSSR count). The molecule has 2 atom stereocenters. The molecule has 0 spiro atoms. The lowest BCUT2D eigenvalue weighted by Crippen LogP contribution is -2.34. The van der Waals surface area contributed by atoms with Crippen molar-refractivity contribution < 1.29 is 8.83 Å². The molecule has 0 aromatic carbocycles. The SMILES string of the molecule is CN(C)C(CNC1CCCc2occc21)c1ccco1. The van der Waals surface area contributed by atoms with Gasteiger partial charge in [-0.3, -0.25) is 4.90 Å². The van der Waals surface area contributed by atoms with Crippen molar-refractivity contribution in [3.63, 3.8) is 0 Å². The highest BCUT2D eigenvalue weighted by atomic mass is 16.3. The Labute approximate surface area is 119 Å². The zero-order valence-electron chi connectivity index (χ0n) is 12.1. The Morgan fingerprint density at radius 1 is 1.30 bits per heavy atom. The molecule has 0 saturated carbocycles. The van der Waals surface area contributed by atoms with Crippen LogP contribution < -0.4 is 5.32 Å². The van der Waals surface area contributed by atoms with E-state index < -0.39 is 0 Å². The van der Waals surface area contributed by atoms with E-state index in [0.29, 0.717) is 6.04 Å². The summed E-state index contributed by atoms with van der Waals surface area (Å²) in [6, 6.07) is 6.73. The summed E-state index contributed by atoms with van der Waals surface area (Å²) < 4.78 is 11.1. The van der Waals surface area contributed by atoms with Gasteiger partial charge < -0.3 is 14.2 Å². The third-order valence-electron chi connectivity index (χ3n) is 4.10. The fourth-order valence-corrected chi connectivity index (χ4v) is 2.97. The Bertz CT molecular complexity index is 530. The normalized spacial score (nSPS) is 20.1. The van der Waals surface area contributed by atoms with E-state index in [2.05, 4.69) is 30.4 Å². The van der Waals surface area contributed by atoms with Crippen LogP contribution in [-0.4, -0.2) is 25.5 Å². The third kappa shape index (κ3) is 2.67. The molecule has 0 radical (unpaired) electrons. The van der Waals surface area contributed by atoms with Gasteiger partial charge in [0.15, 0.2) is 0 Å². The molecule has 2 heterocycles. The molecule has 2 aromatic rings. The number of likely N-dealkylation sites (N-methyl/N-ethyl adjacent to an activating group) is 1. The van der Waals surface area contributed by atoms with Crippen LogP contribution in [0, 0.1) is 0 Å². The van der Waals surface area contributed by atoms with Crippen molar-refractivity contribution in [2.75, 3.05) is 20.6 Å². The number of nitrogens with zero attached hydrogens (tertiary/aromatic N) is 1. The number of rotatable bonds is 5. The molecule has 4 nitrogen and oxygen atoms in total. The first-order valence-electron chi connectivity index (χ1n) is 7.25. The summed E-state index contributed by atoms with van der Waals surface area (Å²) in [6.07, 6.45) is 6.97. The van der Waals surface area contributed by atoms with Crippen molar-refractivity contribution >= 4 is 0 Å². The second-order valence-electron chi connectivity index (χ2n) is 5.65. The predicted molar refractivity (Wildman–Crippen MR) is 77.5 cm³/mol. The van der Waals surface area contributed by atoms with Gasteiger partial charge in [0.25, 0.3) is 0 Å². The summed E-state index contributed by atoms with van der Waals surface area (Å²) in [5.41, 5.74) is 1.33. The van der Waals surface area contributed by atoms with Crippen molar-refractivity contribution in [1.82, 2.24) is 10.2 Å². The summed E-state index contributed by atoms with van der Waals surface area (Å²) in [5.74, 6) is 2.15. The van der Waals surface area contributed by atoms with E-state index in [-0.39, 0.29) is 6.04 Å². The van der Waals surface area contributed by atoms with Gasteiger partial charge in [0.2, 0.25) is 0 Å². The zero-order chi connectivity index (χ0) is 13.9. The molecular weight excluding hydrogens is 252 g/mol. The van der Waals surface area contributed by atoms with Crippen LogP contribution in [0.5, 0.6) is 0 Å². The molecule has 1 aliphatic rings. The summed E-state index contributed by atoms with van der Waals surface area (Å²) in [5, 5.41) is 3.67. The summed E-state index contributed by atoms with van der Waals surface area (Å²) in [7, 11) is 4.16. The van der Waals surface area contributed by atoms with Crippen LogP contribution in [0.15, 0.2) is 39.6 Å². The highest BCUT2D eigenvalue weighted by Gasteiger charge is 2.24. The van der Waals surface area contributed by atoms with E-state index in [4.69, 9.17) is 8.83 Å². The zero-order valence-corrected chi connectivity index (χ0v) is 12.1. The highest BCUT2D eigenvalue weighted by molar-refractivity contribution is 5.24. The summed E-state index contributed by atoms with van der Waals surface area (Å²) >= 11 is 0. The first-order chi connectivity index (χ1) is 9.75. The van der Waals surface area contributed by atoms with Crippen LogP contribution in [0.1, 0.15) is 42.0 Å². The van der Waals surface area contributed by atoms with Gasteiger partial charge in [-0.25, -0.2) is 0 Å². The van der Waals surface area contributed by atoms with E-state index in [1.807, 2.05) is 12.1 Å². The monoisotopic (exact) mass is 274 g/mol. The van der Waals surface area contributed by atoms with Gasteiger partial charge in [0, 0.05) is 24.6 Å². The Hall–Kier alpha value is -1.52. The summed E-state index contributed by atoms with van der Waals surface area (Å²) in [4.78, 5) is 2.19. The number of aryl methyl sites for hydroxylation is 1. The minimum Gasteiger partial charge on any atom is -0.469 e. The van der Waals surface area contributed by atoms with Crippen LogP contribution in [0.3, 0.4) is 0 Å². The van der Waals surface area contributed by atoms with Crippen molar-refractivity contribution in [2.24, 2.45) is 0 Å². The molecule has 2 aromatic heterocycles. The molecule has 0 fully saturated rings. The van der Waals surface area contributed by atoms with E-state index >= 15 is 0 Å². The maximum Gasteiger partial charge on any atom is 0.122 e. The lowest BCUT2D eigenvalue weighted by atomic mass is 9.93. The molecule has 1 N–H and O–H groups in total.